The molecule has 1 aromatic rings. The molecule has 2 rings (SSSR count). The number of hydrogen-bond acceptors (Lipinski definition) is 5. The average molecular weight is 327 g/mol. The number of rotatable bonds is 7. The molecule has 1 fully saturated rings. The number of benzene rings is 1. The van der Waals surface area contributed by atoms with E-state index in [1.54, 1.807) is 6.07 Å². The second-order valence-electron chi connectivity index (χ2n) is 5.74. The van der Waals surface area contributed by atoms with E-state index in [1.807, 2.05) is 0 Å². The lowest BCUT2D eigenvalue weighted by Gasteiger charge is -2.29. The van der Waals surface area contributed by atoms with Crippen molar-refractivity contribution in [3.05, 3.63) is 27.8 Å². The molecule has 0 bridgehead atoms. The Morgan fingerprint density at radius 2 is 1.70 bits per heavy atom. The fraction of sp³-hybridized carbons (Fsp3) is 0.600. The minimum atomic E-state index is -0.371. The van der Waals surface area contributed by atoms with E-state index >= 15 is 0 Å². The molecule has 1 heterocycles. The van der Waals surface area contributed by atoms with Crippen LogP contribution in [0.2, 0.25) is 0 Å². The van der Waals surface area contributed by atoms with Gasteiger partial charge in [0.2, 0.25) is 0 Å². The topological polar surface area (TPSA) is 90.7 Å². The Hall–Kier alpha value is -1.90. The molecule has 8 nitrogen and oxygen atoms in total. The van der Waals surface area contributed by atoms with Crippen LogP contribution in [0.3, 0.4) is 0 Å². The summed E-state index contributed by atoms with van der Waals surface area (Å²) in [5.41, 5.74) is 0.730. The smallest absolute Gasteiger partial charge is 0.282 e. The standard InChI is InChI=1S/C15H23N3O5/c1-22-14-9-12(13(18(20)21)10-15(14)23-2)11-17-5-3-16(4-6-17)7-8-19/h9-10,19H,3-8,11H2,1-2H3/p+2. The molecule has 3 N–H and O–H groups in total. The zero-order valence-corrected chi connectivity index (χ0v) is 13.6. The molecule has 8 heteroatoms. The van der Waals surface area contributed by atoms with Gasteiger partial charge >= 0.3 is 0 Å². The summed E-state index contributed by atoms with van der Waals surface area (Å²) in [7, 11) is 2.99. The summed E-state index contributed by atoms with van der Waals surface area (Å²) in [5, 5.41) is 20.3. The first-order chi connectivity index (χ1) is 11.1. The van der Waals surface area contributed by atoms with E-state index < -0.39 is 0 Å². The highest BCUT2D eigenvalue weighted by molar-refractivity contribution is 5.54. The van der Waals surface area contributed by atoms with E-state index in [0.717, 1.165) is 32.7 Å². The zero-order chi connectivity index (χ0) is 16.8. The predicted molar refractivity (Wildman–Crippen MR) is 83.3 cm³/mol. The maximum atomic E-state index is 11.3. The van der Waals surface area contributed by atoms with Crippen LogP contribution in [-0.2, 0) is 6.54 Å². The highest BCUT2D eigenvalue weighted by Gasteiger charge is 2.27. The van der Waals surface area contributed by atoms with Crippen LogP contribution in [0.1, 0.15) is 5.56 Å². The second-order valence-corrected chi connectivity index (χ2v) is 5.74. The quantitative estimate of drug-likeness (QED) is 0.394. The summed E-state index contributed by atoms with van der Waals surface area (Å²) in [4.78, 5) is 13.7. The highest BCUT2D eigenvalue weighted by atomic mass is 16.6. The Balaban J connectivity index is 2.14. The van der Waals surface area contributed by atoms with Crippen molar-refractivity contribution in [3.8, 4) is 11.5 Å². The molecule has 23 heavy (non-hydrogen) atoms. The molecule has 1 saturated heterocycles. The summed E-state index contributed by atoms with van der Waals surface area (Å²) in [5.74, 6) is 0.882. The molecule has 0 aliphatic carbocycles. The maximum absolute atomic E-state index is 11.3. The van der Waals surface area contributed by atoms with Crippen molar-refractivity contribution in [2.24, 2.45) is 0 Å². The van der Waals surface area contributed by atoms with Gasteiger partial charge in [-0.25, -0.2) is 0 Å². The van der Waals surface area contributed by atoms with Crippen LogP contribution in [0.4, 0.5) is 5.69 Å². The fourth-order valence-electron chi connectivity index (χ4n) is 3.03. The monoisotopic (exact) mass is 327 g/mol. The molecular formula is C15H25N3O5+2. The number of aliphatic hydroxyl groups is 1. The lowest BCUT2D eigenvalue weighted by molar-refractivity contribution is -1.02. The van der Waals surface area contributed by atoms with Crippen molar-refractivity contribution in [2.75, 3.05) is 53.6 Å². The third-order valence-corrected chi connectivity index (χ3v) is 4.35. The molecule has 0 unspecified atom stereocenters. The van der Waals surface area contributed by atoms with Gasteiger partial charge in [-0.2, -0.15) is 0 Å². The molecule has 1 aliphatic heterocycles. The maximum Gasteiger partial charge on any atom is 0.282 e. The van der Waals surface area contributed by atoms with Gasteiger partial charge in [-0.3, -0.25) is 10.1 Å². The van der Waals surface area contributed by atoms with E-state index in [2.05, 4.69) is 0 Å². The van der Waals surface area contributed by atoms with Gasteiger partial charge in [-0.05, 0) is 6.07 Å². The molecule has 0 amide bonds. The number of aliphatic hydroxyl groups excluding tert-OH is 1. The van der Waals surface area contributed by atoms with Crippen LogP contribution < -0.4 is 19.3 Å². The fourth-order valence-corrected chi connectivity index (χ4v) is 3.03. The molecule has 1 aliphatic rings. The van der Waals surface area contributed by atoms with E-state index in [-0.39, 0.29) is 17.2 Å². The van der Waals surface area contributed by atoms with E-state index in [9.17, 15) is 10.1 Å². The number of nitro groups is 1. The minimum Gasteiger partial charge on any atom is -0.493 e. The van der Waals surface area contributed by atoms with Crippen molar-refractivity contribution in [2.45, 2.75) is 6.54 Å². The van der Waals surface area contributed by atoms with Gasteiger partial charge in [0.15, 0.2) is 11.5 Å². The summed E-state index contributed by atoms with van der Waals surface area (Å²) in [6.07, 6.45) is 0. The van der Waals surface area contributed by atoms with Crippen LogP contribution in [-0.4, -0.2) is 63.6 Å². The third kappa shape index (κ3) is 4.31. The van der Waals surface area contributed by atoms with Crippen LogP contribution in [0, 0.1) is 10.1 Å². The Labute approximate surface area is 135 Å². The van der Waals surface area contributed by atoms with Gasteiger partial charge in [-0.15, -0.1) is 0 Å². The largest absolute Gasteiger partial charge is 0.493 e. The minimum absolute atomic E-state index is 0.0697. The summed E-state index contributed by atoms with van der Waals surface area (Å²) < 4.78 is 10.4. The van der Waals surface area contributed by atoms with Gasteiger partial charge in [0.25, 0.3) is 5.69 Å². The number of nitro benzene ring substituents is 1. The second kappa shape index (κ2) is 8.09. The normalized spacial score (nSPS) is 21.0. The van der Waals surface area contributed by atoms with Crippen molar-refractivity contribution < 1.29 is 29.3 Å². The van der Waals surface area contributed by atoms with Gasteiger partial charge in [0.05, 0.1) is 37.4 Å². The Morgan fingerprint density at radius 1 is 1.13 bits per heavy atom. The van der Waals surface area contributed by atoms with Crippen molar-refractivity contribution in [1.29, 1.82) is 0 Å². The zero-order valence-electron chi connectivity index (χ0n) is 13.6. The molecule has 0 saturated carbocycles. The summed E-state index contributed by atoms with van der Waals surface area (Å²) >= 11 is 0. The van der Waals surface area contributed by atoms with Gasteiger partial charge in [0.1, 0.15) is 39.3 Å². The van der Waals surface area contributed by atoms with Gasteiger partial charge in [-0.1, -0.05) is 0 Å². The van der Waals surface area contributed by atoms with Crippen LogP contribution in [0.5, 0.6) is 11.5 Å². The molecular weight excluding hydrogens is 302 g/mol. The Morgan fingerprint density at radius 3 is 2.22 bits per heavy atom. The van der Waals surface area contributed by atoms with Crippen molar-refractivity contribution >= 4 is 5.69 Å². The van der Waals surface area contributed by atoms with Crippen molar-refractivity contribution in [1.82, 2.24) is 0 Å². The van der Waals surface area contributed by atoms with E-state index in [1.165, 1.54) is 30.1 Å². The third-order valence-electron chi connectivity index (χ3n) is 4.35. The van der Waals surface area contributed by atoms with Gasteiger partial charge < -0.3 is 24.4 Å². The van der Waals surface area contributed by atoms with Crippen LogP contribution in [0.25, 0.3) is 0 Å². The van der Waals surface area contributed by atoms with Crippen LogP contribution in [0.15, 0.2) is 12.1 Å². The lowest BCUT2D eigenvalue weighted by Crippen LogP contribution is -3.27. The summed E-state index contributed by atoms with van der Waals surface area (Å²) in [6, 6.07) is 3.14. The molecule has 0 spiro atoms. The number of hydrogen-bond donors (Lipinski definition) is 3. The van der Waals surface area contributed by atoms with E-state index in [4.69, 9.17) is 14.6 Å². The highest BCUT2D eigenvalue weighted by Crippen LogP contribution is 2.34. The number of ether oxygens (including phenoxy) is 2. The molecule has 0 radical (unpaired) electrons. The van der Waals surface area contributed by atoms with Crippen LogP contribution >= 0.6 is 0 Å². The van der Waals surface area contributed by atoms with Crippen molar-refractivity contribution in [3.63, 3.8) is 0 Å². The Kier molecular flexibility index (Phi) is 6.14. The number of methoxy groups -OCH3 is 2. The van der Waals surface area contributed by atoms with Gasteiger partial charge in [0, 0.05) is 0 Å². The molecule has 128 valence electrons. The first-order valence-electron chi connectivity index (χ1n) is 7.76. The number of piperazine rings is 1. The molecule has 1 aromatic carbocycles. The number of nitrogens with one attached hydrogen (secondary N) is 2. The first kappa shape index (κ1) is 17.5. The van der Waals surface area contributed by atoms with E-state index in [0.29, 0.717) is 23.6 Å². The average Bonchev–Trinajstić information content (AvgIpc) is 2.56. The SMILES string of the molecule is COc1cc(C[NH+]2CC[NH+](CCO)CC2)c([N+](=O)[O-])cc1OC. The lowest BCUT2D eigenvalue weighted by atomic mass is 10.1. The number of nitrogens with zero attached hydrogens (tertiary/aromatic N) is 1. The Bertz CT molecular complexity index is 544. The predicted octanol–water partition coefficient (Wildman–Crippen LogP) is -2.11. The molecule has 0 aromatic heterocycles. The first-order valence-corrected chi connectivity index (χ1v) is 7.76. The number of quaternary nitrogens is 2. The summed E-state index contributed by atoms with van der Waals surface area (Å²) in [6.45, 7) is 5.36. The molecule has 0 atom stereocenters.